The number of hydrogen-bond donors (Lipinski definition) is 2. The lowest BCUT2D eigenvalue weighted by Gasteiger charge is -2.47. The number of carbonyl (C=O) groups excluding carboxylic acids is 1. The van der Waals surface area contributed by atoms with E-state index in [2.05, 4.69) is 142 Å². The average Bonchev–Trinajstić information content (AvgIpc) is 3.04. The van der Waals surface area contributed by atoms with Crippen LogP contribution < -0.4 is 10.6 Å². The third kappa shape index (κ3) is 5.53. The van der Waals surface area contributed by atoms with E-state index in [4.69, 9.17) is 0 Å². The van der Waals surface area contributed by atoms with Crippen LogP contribution >= 0.6 is 0 Å². The van der Waals surface area contributed by atoms with Crippen LogP contribution in [0.3, 0.4) is 0 Å². The fourth-order valence-corrected chi connectivity index (χ4v) is 6.60. The number of amides is 2. The Kier molecular flexibility index (Phi) is 8.22. The van der Waals surface area contributed by atoms with Crippen molar-refractivity contribution in [2.45, 2.75) is 23.9 Å². The Labute approximate surface area is 237 Å². The number of piperazine rings is 2. The van der Waals surface area contributed by atoms with Crippen molar-refractivity contribution in [3.63, 3.8) is 0 Å². The Morgan fingerprint density at radius 2 is 0.825 bits per heavy atom. The standard InChI is InChI=1S/C35H38N4O/c40-35(38-23-21-36-25-31(38)33(27-13-5-1-6-14-27)28-15-7-2-8-16-28)39-24-22-37-26-32(39)34(29-17-9-3-10-18-29)30-19-11-4-12-20-30/h1-20,31-34,36-37H,21-26H2. The van der Waals surface area contributed by atoms with Gasteiger partial charge in [0.05, 0.1) is 12.1 Å². The topological polar surface area (TPSA) is 47.6 Å². The van der Waals surface area contributed by atoms with Crippen molar-refractivity contribution in [1.29, 1.82) is 0 Å². The van der Waals surface area contributed by atoms with E-state index in [1.54, 1.807) is 0 Å². The molecule has 0 saturated carbocycles. The molecular weight excluding hydrogens is 492 g/mol. The first-order chi connectivity index (χ1) is 19.8. The highest BCUT2D eigenvalue weighted by atomic mass is 16.2. The zero-order valence-corrected chi connectivity index (χ0v) is 22.9. The second-order valence-corrected chi connectivity index (χ2v) is 10.8. The predicted molar refractivity (Wildman–Crippen MR) is 162 cm³/mol. The van der Waals surface area contributed by atoms with E-state index in [1.807, 2.05) is 0 Å². The minimum absolute atomic E-state index is 0.00786. The van der Waals surface area contributed by atoms with Gasteiger partial charge in [-0.2, -0.15) is 0 Å². The minimum Gasteiger partial charge on any atom is -0.318 e. The van der Waals surface area contributed by atoms with Gasteiger partial charge in [0.25, 0.3) is 0 Å². The summed E-state index contributed by atoms with van der Waals surface area (Å²) in [6, 6.07) is 42.8. The summed E-state index contributed by atoms with van der Waals surface area (Å²) < 4.78 is 0. The molecule has 0 bridgehead atoms. The van der Waals surface area contributed by atoms with Gasteiger partial charge in [-0.3, -0.25) is 0 Å². The molecular formula is C35H38N4O. The molecule has 4 aromatic carbocycles. The number of rotatable bonds is 6. The molecule has 0 spiro atoms. The van der Waals surface area contributed by atoms with E-state index in [9.17, 15) is 4.79 Å². The second-order valence-electron chi connectivity index (χ2n) is 10.8. The minimum atomic E-state index is 0.00786. The average molecular weight is 531 g/mol. The summed E-state index contributed by atoms with van der Waals surface area (Å²) >= 11 is 0. The summed E-state index contributed by atoms with van der Waals surface area (Å²) in [5, 5.41) is 7.21. The van der Waals surface area contributed by atoms with Crippen molar-refractivity contribution in [2.24, 2.45) is 0 Å². The van der Waals surface area contributed by atoms with Crippen LogP contribution in [0, 0.1) is 0 Å². The van der Waals surface area contributed by atoms with Crippen LogP contribution in [-0.2, 0) is 0 Å². The fourth-order valence-electron chi connectivity index (χ4n) is 6.60. The highest BCUT2D eigenvalue weighted by molar-refractivity contribution is 5.76. The molecule has 204 valence electrons. The van der Waals surface area contributed by atoms with Gasteiger partial charge in [-0.1, -0.05) is 121 Å². The van der Waals surface area contributed by atoms with Gasteiger partial charge in [0.1, 0.15) is 0 Å². The van der Waals surface area contributed by atoms with Gasteiger partial charge in [-0.25, -0.2) is 4.79 Å². The molecule has 5 heteroatoms. The molecule has 6 rings (SSSR count). The van der Waals surface area contributed by atoms with E-state index in [0.29, 0.717) is 13.1 Å². The summed E-state index contributed by atoms with van der Waals surface area (Å²) in [7, 11) is 0. The van der Waals surface area contributed by atoms with Crippen LogP contribution in [0.25, 0.3) is 0 Å². The van der Waals surface area contributed by atoms with Crippen molar-refractivity contribution in [3.05, 3.63) is 144 Å². The van der Waals surface area contributed by atoms with Gasteiger partial charge in [-0.15, -0.1) is 0 Å². The number of nitrogens with zero attached hydrogens (tertiary/aromatic N) is 2. The van der Waals surface area contributed by atoms with Gasteiger partial charge in [-0.05, 0) is 22.3 Å². The van der Waals surface area contributed by atoms with E-state index in [1.165, 1.54) is 22.3 Å². The van der Waals surface area contributed by atoms with Gasteiger partial charge >= 0.3 is 6.03 Å². The van der Waals surface area contributed by atoms with Crippen molar-refractivity contribution >= 4 is 6.03 Å². The van der Waals surface area contributed by atoms with Crippen molar-refractivity contribution in [2.75, 3.05) is 39.3 Å². The number of nitrogens with one attached hydrogen (secondary N) is 2. The maximum Gasteiger partial charge on any atom is 0.320 e. The summed E-state index contributed by atoms with van der Waals surface area (Å²) in [6.07, 6.45) is 0. The predicted octanol–water partition coefficient (Wildman–Crippen LogP) is 5.32. The highest BCUT2D eigenvalue weighted by Crippen LogP contribution is 2.35. The SMILES string of the molecule is O=C(N1CCNCC1C(c1ccccc1)c1ccccc1)N1CCNCC1C(c1ccccc1)c1ccccc1. The molecule has 2 N–H and O–H groups in total. The third-order valence-corrected chi connectivity index (χ3v) is 8.46. The number of benzene rings is 4. The van der Waals surface area contributed by atoms with Crippen LogP contribution in [0.5, 0.6) is 0 Å². The largest absolute Gasteiger partial charge is 0.320 e. The zero-order valence-electron chi connectivity index (χ0n) is 22.9. The van der Waals surface area contributed by atoms with E-state index in [0.717, 1.165) is 26.2 Å². The Morgan fingerprint density at radius 3 is 1.12 bits per heavy atom. The highest BCUT2D eigenvalue weighted by Gasteiger charge is 2.41. The Balaban J connectivity index is 1.37. The first kappa shape index (κ1) is 26.3. The van der Waals surface area contributed by atoms with Gasteiger partial charge in [0, 0.05) is 51.1 Å². The number of hydrogen-bond acceptors (Lipinski definition) is 3. The van der Waals surface area contributed by atoms with E-state index < -0.39 is 0 Å². The molecule has 0 radical (unpaired) electrons. The van der Waals surface area contributed by atoms with Crippen LogP contribution in [-0.4, -0.2) is 67.2 Å². The molecule has 2 saturated heterocycles. The second kappa shape index (κ2) is 12.5. The lowest BCUT2D eigenvalue weighted by atomic mass is 9.82. The summed E-state index contributed by atoms with van der Waals surface area (Å²) in [6.45, 7) is 4.51. The Hall–Kier alpha value is -3.93. The molecule has 2 heterocycles. The van der Waals surface area contributed by atoms with Crippen molar-refractivity contribution < 1.29 is 4.79 Å². The fraction of sp³-hybridized carbons (Fsp3) is 0.286. The van der Waals surface area contributed by atoms with Crippen LogP contribution in [0.1, 0.15) is 34.1 Å². The molecule has 40 heavy (non-hydrogen) atoms. The third-order valence-electron chi connectivity index (χ3n) is 8.46. The van der Waals surface area contributed by atoms with Crippen molar-refractivity contribution in [3.8, 4) is 0 Å². The maximum absolute atomic E-state index is 14.7. The van der Waals surface area contributed by atoms with Gasteiger partial charge in [0.15, 0.2) is 0 Å². The monoisotopic (exact) mass is 530 g/mol. The molecule has 5 nitrogen and oxygen atoms in total. The van der Waals surface area contributed by atoms with Gasteiger partial charge in [0.2, 0.25) is 0 Å². The lowest BCUT2D eigenvalue weighted by Crippen LogP contribution is -2.64. The molecule has 2 aliphatic heterocycles. The number of urea groups is 1. The Morgan fingerprint density at radius 1 is 0.525 bits per heavy atom. The summed E-state index contributed by atoms with van der Waals surface area (Å²) in [4.78, 5) is 19.0. The number of carbonyl (C=O) groups is 1. The summed E-state index contributed by atoms with van der Waals surface area (Å²) in [5.74, 6) is 0.166. The maximum atomic E-state index is 14.7. The molecule has 2 aliphatic rings. The molecule has 2 fully saturated rings. The van der Waals surface area contributed by atoms with E-state index in [-0.39, 0.29) is 30.0 Å². The van der Waals surface area contributed by atoms with E-state index >= 15 is 0 Å². The molecule has 2 amide bonds. The van der Waals surface area contributed by atoms with Crippen LogP contribution in [0.15, 0.2) is 121 Å². The van der Waals surface area contributed by atoms with Crippen LogP contribution in [0.4, 0.5) is 4.79 Å². The van der Waals surface area contributed by atoms with Crippen LogP contribution in [0.2, 0.25) is 0 Å². The Bertz CT molecular complexity index is 1170. The molecule has 0 aromatic heterocycles. The molecule has 0 aliphatic carbocycles. The molecule has 4 aromatic rings. The van der Waals surface area contributed by atoms with Gasteiger partial charge < -0.3 is 20.4 Å². The molecule has 2 atom stereocenters. The van der Waals surface area contributed by atoms with Crippen molar-refractivity contribution in [1.82, 2.24) is 20.4 Å². The summed E-state index contributed by atoms with van der Waals surface area (Å²) in [5.41, 5.74) is 4.96. The smallest absolute Gasteiger partial charge is 0.318 e. The quantitative estimate of drug-likeness (QED) is 0.355. The molecule has 2 unspecified atom stereocenters. The lowest BCUT2D eigenvalue weighted by molar-refractivity contribution is 0.0881. The zero-order chi connectivity index (χ0) is 27.1. The first-order valence-corrected chi connectivity index (χ1v) is 14.5. The first-order valence-electron chi connectivity index (χ1n) is 14.5. The normalized spacial score (nSPS) is 19.6.